The van der Waals surface area contributed by atoms with Crippen LogP contribution >= 0.6 is 0 Å². The van der Waals surface area contributed by atoms with E-state index in [2.05, 4.69) is 5.32 Å². The third kappa shape index (κ3) is 6.38. The zero-order chi connectivity index (χ0) is 13.4. The van der Waals surface area contributed by atoms with Crippen LogP contribution in [0.3, 0.4) is 0 Å². The molecule has 5 N–H and O–H groups in total. The summed E-state index contributed by atoms with van der Waals surface area (Å²) in [5.74, 6) is -0.231. The number of amides is 1. The van der Waals surface area contributed by atoms with Gasteiger partial charge in [-0.3, -0.25) is 9.59 Å². The second-order valence-corrected chi connectivity index (χ2v) is 4.73. The van der Waals surface area contributed by atoms with Crippen LogP contribution in [0.2, 0.25) is 0 Å². The number of ketones is 1. The van der Waals surface area contributed by atoms with Crippen LogP contribution in [-0.4, -0.2) is 30.3 Å². The first-order valence-electron chi connectivity index (χ1n) is 6.16. The predicted octanol–water partition coefficient (Wildman–Crippen LogP) is 0.173. The molecular weight excluding hydrogens is 218 g/mol. The summed E-state index contributed by atoms with van der Waals surface area (Å²) in [7, 11) is 0. The topological polar surface area (TPSA) is 98.2 Å². The Morgan fingerprint density at radius 3 is 2.24 bits per heavy atom. The Labute approximate surface area is 103 Å². The van der Waals surface area contributed by atoms with E-state index in [1.54, 1.807) is 0 Å². The van der Waals surface area contributed by atoms with Gasteiger partial charge in [-0.1, -0.05) is 13.8 Å². The van der Waals surface area contributed by atoms with Gasteiger partial charge in [0.15, 0.2) is 5.78 Å². The summed E-state index contributed by atoms with van der Waals surface area (Å²) in [5.41, 5.74) is 11.1. The number of unbranched alkanes of at least 4 members (excludes halogenated alkanes) is 1. The van der Waals surface area contributed by atoms with E-state index in [1.165, 1.54) is 6.92 Å². The quantitative estimate of drug-likeness (QED) is 0.529. The molecule has 0 fully saturated rings. The highest BCUT2D eigenvalue weighted by molar-refractivity contribution is 5.89. The highest BCUT2D eigenvalue weighted by Gasteiger charge is 2.22. The van der Waals surface area contributed by atoms with Gasteiger partial charge in [0.2, 0.25) is 5.91 Å². The number of nitrogens with one attached hydrogen (secondary N) is 1. The standard InChI is InChI=1S/C12H25N3O2/c1-8(2)11(14)12(17)15-10(9(3)16)6-4-5-7-13/h8,10-11H,4-7,13-14H2,1-3H3,(H,15,17). The minimum Gasteiger partial charge on any atom is -0.345 e. The summed E-state index contributed by atoms with van der Waals surface area (Å²) < 4.78 is 0. The van der Waals surface area contributed by atoms with Crippen molar-refractivity contribution in [3.05, 3.63) is 0 Å². The maximum absolute atomic E-state index is 11.7. The third-order valence-corrected chi connectivity index (χ3v) is 2.78. The number of hydrogen-bond donors (Lipinski definition) is 3. The summed E-state index contributed by atoms with van der Waals surface area (Å²) in [4.78, 5) is 23.1. The van der Waals surface area contributed by atoms with Crippen LogP contribution < -0.4 is 16.8 Å². The molecule has 0 saturated carbocycles. The number of nitrogens with two attached hydrogens (primary N) is 2. The van der Waals surface area contributed by atoms with Crippen LogP contribution in [0.4, 0.5) is 0 Å². The molecule has 0 aromatic rings. The lowest BCUT2D eigenvalue weighted by atomic mass is 10.0. The van der Waals surface area contributed by atoms with Crippen LogP contribution in [-0.2, 0) is 9.59 Å². The van der Waals surface area contributed by atoms with Crippen molar-refractivity contribution in [3.8, 4) is 0 Å². The van der Waals surface area contributed by atoms with E-state index in [0.29, 0.717) is 13.0 Å². The van der Waals surface area contributed by atoms with Gasteiger partial charge in [0.25, 0.3) is 0 Å². The Morgan fingerprint density at radius 2 is 1.82 bits per heavy atom. The summed E-state index contributed by atoms with van der Waals surface area (Å²) in [6.45, 7) is 5.83. The maximum atomic E-state index is 11.7. The fourth-order valence-corrected chi connectivity index (χ4v) is 1.44. The number of hydrogen-bond acceptors (Lipinski definition) is 4. The second-order valence-electron chi connectivity index (χ2n) is 4.73. The lowest BCUT2D eigenvalue weighted by Crippen LogP contribution is -2.49. The Balaban J connectivity index is 4.25. The third-order valence-electron chi connectivity index (χ3n) is 2.78. The molecule has 0 rings (SSSR count). The molecule has 0 aromatic heterocycles. The largest absolute Gasteiger partial charge is 0.345 e. The van der Waals surface area contributed by atoms with E-state index in [1.807, 2.05) is 13.8 Å². The number of carbonyl (C=O) groups is 2. The molecule has 0 heterocycles. The first-order valence-corrected chi connectivity index (χ1v) is 6.16. The van der Waals surface area contributed by atoms with Gasteiger partial charge < -0.3 is 16.8 Å². The molecule has 5 heteroatoms. The molecule has 0 bridgehead atoms. The first kappa shape index (κ1) is 16.1. The van der Waals surface area contributed by atoms with Crippen molar-refractivity contribution in [1.29, 1.82) is 0 Å². The van der Waals surface area contributed by atoms with Gasteiger partial charge in [-0.2, -0.15) is 0 Å². The van der Waals surface area contributed by atoms with Gasteiger partial charge in [-0.15, -0.1) is 0 Å². The van der Waals surface area contributed by atoms with Crippen LogP contribution in [0.1, 0.15) is 40.0 Å². The van der Waals surface area contributed by atoms with E-state index >= 15 is 0 Å². The molecule has 17 heavy (non-hydrogen) atoms. The van der Waals surface area contributed by atoms with E-state index in [4.69, 9.17) is 11.5 Å². The van der Waals surface area contributed by atoms with E-state index < -0.39 is 12.1 Å². The monoisotopic (exact) mass is 243 g/mol. The van der Waals surface area contributed by atoms with Crippen molar-refractivity contribution < 1.29 is 9.59 Å². The summed E-state index contributed by atoms with van der Waals surface area (Å²) >= 11 is 0. The fourth-order valence-electron chi connectivity index (χ4n) is 1.44. The molecule has 0 aliphatic rings. The maximum Gasteiger partial charge on any atom is 0.237 e. The summed E-state index contributed by atoms with van der Waals surface area (Å²) in [5, 5.41) is 2.70. The Kier molecular flexibility index (Phi) is 7.74. The Hall–Kier alpha value is -0.940. The first-order chi connectivity index (χ1) is 7.90. The molecule has 100 valence electrons. The molecule has 0 spiro atoms. The minimum atomic E-state index is -0.564. The number of Topliss-reactive ketones (excluding diaryl/α,β-unsaturated/α-hetero) is 1. The van der Waals surface area contributed by atoms with E-state index in [0.717, 1.165) is 12.8 Å². The van der Waals surface area contributed by atoms with Crippen molar-refractivity contribution in [2.24, 2.45) is 17.4 Å². The van der Waals surface area contributed by atoms with Crippen molar-refractivity contribution in [2.45, 2.75) is 52.1 Å². The molecule has 5 nitrogen and oxygen atoms in total. The fraction of sp³-hybridized carbons (Fsp3) is 0.833. The lowest BCUT2D eigenvalue weighted by Gasteiger charge is -2.20. The average Bonchev–Trinajstić information content (AvgIpc) is 2.26. The van der Waals surface area contributed by atoms with E-state index in [-0.39, 0.29) is 17.6 Å². The van der Waals surface area contributed by atoms with Crippen molar-refractivity contribution >= 4 is 11.7 Å². The molecule has 0 aliphatic carbocycles. The Morgan fingerprint density at radius 1 is 1.24 bits per heavy atom. The van der Waals surface area contributed by atoms with Crippen molar-refractivity contribution in [3.63, 3.8) is 0 Å². The van der Waals surface area contributed by atoms with Crippen molar-refractivity contribution in [1.82, 2.24) is 5.32 Å². The molecule has 0 aromatic carbocycles. The SMILES string of the molecule is CC(=O)C(CCCCN)NC(=O)C(N)C(C)C. The zero-order valence-electron chi connectivity index (χ0n) is 11.0. The van der Waals surface area contributed by atoms with E-state index in [9.17, 15) is 9.59 Å². The molecule has 2 atom stereocenters. The zero-order valence-corrected chi connectivity index (χ0v) is 11.0. The highest BCUT2D eigenvalue weighted by atomic mass is 16.2. The molecule has 0 aliphatic heterocycles. The highest BCUT2D eigenvalue weighted by Crippen LogP contribution is 2.04. The minimum absolute atomic E-state index is 0.0358. The van der Waals surface area contributed by atoms with Crippen LogP contribution in [0.15, 0.2) is 0 Å². The van der Waals surface area contributed by atoms with Gasteiger partial charge in [0, 0.05) is 0 Å². The Bertz CT molecular complexity index is 254. The van der Waals surface area contributed by atoms with Crippen molar-refractivity contribution in [2.75, 3.05) is 6.54 Å². The molecule has 0 saturated heterocycles. The van der Waals surface area contributed by atoms with Gasteiger partial charge in [0.05, 0.1) is 12.1 Å². The molecule has 2 unspecified atom stereocenters. The molecular formula is C12H25N3O2. The summed E-state index contributed by atoms with van der Waals surface area (Å²) in [6, 6.07) is -0.995. The van der Waals surface area contributed by atoms with Gasteiger partial charge in [-0.05, 0) is 38.6 Å². The normalized spacial score (nSPS) is 14.5. The average molecular weight is 243 g/mol. The van der Waals surface area contributed by atoms with Crippen LogP contribution in [0, 0.1) is 5.92 Å². The number of rotatable bonds is 8. The smallest absolute Gasteiger partial charge is 0.237 e. The molecule has 0 radical (unpaired) electrons. The van der Waals surface area contributed by atoms with Crippen LogP contribution in [0.5, 0.6) is 0 Å². The van der Waals surface area contributed by atoms with Gasteiger partial charge >= 0.3 is 0 Å². The molecule has 1 amide bonds. The second kappa shape index (κ2) is 8.20. The van der Waals surface area contributed by atoms with Gasteiger partial charge in [-0.25, -0.2) is 0 Å². The summed E-state index contributed by atoms with van der Waals surface area (Å²) in [6.07, 6.45) is 2.32. The lowest BCUT2D eigenvalue weighted by molar-refractivity contribution is -0.128. The van der Waals surface area contributed by atoms with Gasteiger partial charge in [0.1, 0.15) is 0 Å². The van der Waals surface area contributed by atoms with Crippen LogP contribution in [0.25, 0.3) is 0 Å². The predicted molar refractivity (Wildman–Crippen MR) is 68.3 cm³/mol. The number of carbonyl (C=O) groups excluding carboxylic acids is 2.